The van der Waals surface area contributed by atoms with Crippen molar-refractivity contribution < 1.29 is 19.4 Å². The molecule has 2 heterocycles. The van der Waals surface area contributed by atoms with Crippen LogP contribution in [-0.2, 0) is 9.53 Å². The number of carbonyl (C=O) groups excluding carboxylic acids is 1. The molecule has 0 saturated carbocycles. The maximum atomic E-state index is 12.0. The van der Waals surface area contributed by atoms with Gasteiger partial charge in [0.05, 0.1) is 11.3 Å². The first-order chi connectivity index (χ1) is 12.5. The van der Waals surface area contributed by atoms with Crippen molar-refractivity contribution >= 4 is 11.9 Å². The summed E-state index contributed by atoms with van der Waals surface area (Å²) in [7, 11) is 1.52. The van der Waals surface area contributed by atoms with Crippen molar-refractivity contribution in [1.29, 1.82) is 0 Å². The Morgan fingerprint density at radius 3 is 2.65 bits per heavy atom. The highest BCUT2D eigenvalue weighted by Gasteiger charge is 2.28. The molecule has 0 radical (unpaired) electrons. The molecule has 1 atom stereocenters. The number of aryl methyl sites for hydroxylation is 1. The van der Waals surface area contributed by atoms with Gasteiger partial charge in [-0.3, -0.25) is 4.79 Å². The fourth-order valence-corrected chi connectivity index (χ4v) is 3.17. The number of hydrogen-bond donors (Lipinski definition) is 1. The molecular weight excluding hydrogens is 334 g/mol. The van der Waals surface area contributed by atoms with Gasteiger partial charge in [-0.1, -0.05) is 12.1 Å². The minimum Gasteiger partial charge on any atom is -0.478 e. The molecule has 0 spiro atoms. The van der Waals surface area contributed by atoms with Crippen LogP contribution in [0.3, 0.4) is 0 Å². The monoisotopic (exact) mass is 355 g/mol. The Morgan fingerprint density at radius 2 is 2.00 bits per heavy atom. The Hall–Kier alpha value is -2.80. The van der Waals surface area contributed by atoms with Crippen LogP contribution in [0.25, 0.3) is 11.3 Å². The molecule has 2 aromatic rings. The minimum absolute atomic E-state index is 0.00902. The summed E-state index contributed by atoms with van der Waals surface area (Å²) in [5.74, 6) is -0.149. The molecule has 1 fully saturated rings. The maximum Gasteiger partial charge on any atom is 0.335 e. The molecule has 1 unspecified atom stereocenters. The highest BCUT2D eigenvalue weighted by atomic mass is 16.5. The van der Waals surface area contributed by atoms with Crippen molar-refractivity contribution in [3.63, 3.8) is 0 Å². The molecule has 0 aliphatic carbocycles. The Bertz CT molecular complexity index is 820. The predicted molar refractivity (Wildman–Crippen MR) is 95.0 cm³/mol. The molecular formula is C19H21N3O4. The third-order valence-electron chi connectivity index (χ3n) is 4.51. The second kappa shape index (κ2) is 7.61. The van der Waals surface area contributed by atoms with E-state index in [1.807, 2.05) is 13.0 Å². The summed E-state index contributed by atoms with van der Waals surface area (Å²) < 4.78 is 4.92. The van der Waals surface area contributed by atoms with E-state index in [1.165, 1.54) is 7.11 Å². The van der Waals surface area contributed by atoms with Crippen LogP contribution in [0, 0.1) is 6.92 Å². The van der Waals surface area contributed by atoms with E-state index in [-0.39, 0.29) is 24.0 Å². The van der Waals surface area contributed by atoms with Gasteiger partial charge in [-0.15, -0.1) is 0 Å². The Kier molecular flexibility index (Phi) is 5.27. The SMILES string of the molecule is COCC(=O)N1CCC(c2cc(-c3ccc(C(=O)O)cc3)nc(C)n2)C1. The lowest BCUT2D eigenvalue weighted by Crippen LogP contribution is -2.31. The van der Waals surface area contributed by atoms with Crippen molar-refractivity contribution in [2.75, 3.05) is 26.8 Å². The molecule has 7 nitrogen and oxygen atoms in total. The lowest BCUT2D eigenvalue weighted by molar-refractivity contribution is -0.134. The fraction of sp³-hybridized carbons (Fsp3) is 0.368. The van der Waals surface area contributed by atoms with Crippen molar-refractivity contribution in [3.8, 4) is 11.3 Å². The number of rotatable bonds is 5. The van der Waals surface area contributed by atoms with Crippen molar-refractivity contribution in [3.05, 3.63) is 47.4 Å². The molecule has 26 heavy (non-hydrogen) atoms. The van der Waals surface area contributed by atoms with E-state index < -0.39 is 5.97 Å². The molecule has 7 heteroatoms. The summed E-state index contributed by atoms with van der Waals surface area (Å²) in [6, 6.07) is 8.55. The second-order valence-electron chi connectivity index (χ2n) is 6.37. The Morgan fingerprint density at radius 1 is 1.27 bits per heavy atom. The molecule has 136 valence electrons. The predicted octanol–water partition coefficient (Wildman–Crippen LogP) is 2.11. The molecule has 1 amide bonds. The zero-order valence-electron chi connectivity index (χ0n) is 14.8. The van der Waals surface area contributed by atoms with Gasteiger partial charge in [0.15, 0.2) is 0 Å². The summed E-state index contributed by atoms with van der Waals surface area (Å²) in [6.07, 6.45) is 0.850. The number of hydrogen-bond acceptors (Lipinski definition) is 5. The van der Waals surface area contributed by atoms with E-state index in [9.17, 15) is 9.59 Å². The van der Waals surface area contributed by atoms with Gasteiger partial charge in [0.25, 0.3) is 0 Å². The molecule has 0 bridgehead atoms. The van der Waals surface area contributed by atoms with Crippen molar-refractivity contribution in [1.82, 2.24) is 14.9 Å². The normalized spacial score (nSPS) is 16.7. The Labute approximate surface area is 151 Å². The van der Waals surface area contributed by atoms with E-state index >= 15 is 0 Å². The van der Waals surface area contributed by atoms with Crippen LogP contribution in [0.1, 0.15) is 34.2 Å². The van der Waals surface area contributed by atoms with E-state index in [4.69, 9.17) is 9.84 Å². The van der Waals surface area contributed by atoms with Gasteiger partial charge in [-0.25, -0.2) is 14.8 Å². The number of nitrogens with zero attached hydrogens (tertiary/aromatic N) is 3. The first-order valence-electron chi connectivity index (χ1n) is 8.44. The molecule has 1 aliphatic heterocycles. The van der Waals surface area contributed by atoms with E-state index in [0.29, 0.717) is 18.9 Å². The first-order valence-corrected chi connectivity index (χ1v) is 8.44. The zero-order chi connectivity index (χ0) is 18.7. The lowest BCUT2D eigenvalue weighted by atomic mass is 10.0. The van der Waals surface area contributed by atoms with Crippen LogP contribution in [0.4, 0.5) is 0 Å². The molecule has 1 saturated heterocycles. The molecule has 1 aromatic carbocycles. The van der Waals surface area contributed by atoms with Gasteiger partial charge in [0.1, 0.15) is 12.4 Å². The average molecular weight is 355 g/mol. The summed E-state index contributed by atoms with van der Waals surface area (Å²) in [4.78, 5) is 33.8. The third-order valence-corrected chi connectivity index (χ3v) is 4.51. The number of benzene rings is 1. The highest BCUT2D eigenvalue weighted by Crippen LogP contribution is 2.28. The minimum atomic E-state index is -0.956. The number of carbonyl (C=O) groups is 2. The quantitative estimate of drug-likeness (QED) is 0.883. The number of carboxylic acids is 1. The number of methoxy groups -OCH3 is 1. The standard InChI is InChI=1S/C19H21N3O4/c1-12-20-16(13-3-5-14(6-4-13)19(24)25)9-17(21-12)15-7-8-22(10-15)18(23)11-26-2/h3-6,9,15H,7-8,10-11H2,1-2H3,(H,24,25). The van der Waals surface area contributed by atoms with Crippen molar-refractivity contribution in [2.24, 2.45) is 0 Å². The van der Waals surface area contributed by atoms with Gasteiger partial charge in [-0.05, 0) is 31.5 Å². The van der Waals surface area contributed by atoms with E-state index in [1.54, 1.807) is 29.2 Å². The smallest absolute Gasteiger partial charge is 0.335 e. The van der Waals surface area contributed by atoms with Gasteiger partial charge >= 0.3 is 5.97 Å². The highest BCUT2D eigenvalue weighted by molar-refractivity contribution is 5.88. The summed E-state index contributed by atoms with van der Waals surface area (Å²) in [5, 5.41) is 9.02. The van der Waals surface area contributed by atoms with Crippen LogP contribution in [-0.4, -0.2) is 58.7 Å². The third kappa shape index (κ3) is 3.88. The molecule has 1 N–H and O–H groups in total. The van der Waals surface area contributed by atoms with Crippen LogP contribution in [0.2, 0.25) is 0 Å². The van der Waals surface area contributed by atoms with E-state index in [0.717, 1.165) is 23.4 Å². The van der Waals surface area contributed by atoms with Crippen LogP contribution < -0.4 is 0 Å². The summed E-state index contributed by atoms with van der Waals surface area (Å²) in [6.45, 7) is 3.24. The molecule has 1 aromatic heterocycles. The number of aromatic carboxylic acids is 1. The number of aromatic nitrogens is 2. The molecule has 3 rings (SSSR count). The summed E-state index contributed by atoms with van der Waals surface area (Å²) >= 11 is 0. The topological polar surface area (TPSA) is 92.6 Å². The van der Waals surface area contributed by atoms with Crippen LogP contribution in [0.5, 0.6) is 0 Å². The number of amides is 1. The van der Waals surface area contributed by atoms with Crippen LogP contribution >= 0.6 is 0 Å². The Balaban J connectivity index is 1.82. The fourth-order valence-electron chi connectivity index (χ4n) is 3.17. The number of likely N-dealkylation sites (tertiary alicyclic amines) is 1. The largest absolute Gasteiger partial charge is 0.478 e. The first kappa shape index (κ1) is 18.0. The van der Waals surface area contributed by atoms with Gasteiger partial charge in [0, 0.05) is 37.4 Å². The van der Waals surface area contributed by atoms with Crippen molar-refractivity contribution in [2.45, 2.75) is 19.3 Å². The van der Waals surface area contributed by atoms with Crippen LogP contribution in [0.15, 0.2) is 30.3 Å². The zero-order valence-corrected chi connectivity index (χ0v) is 14.8. The number of ether oxygens (including phenoxy) is 1. The average Bonchev–Trinajstić information content (AvgIpc) is 3.12. The molecule has 1 aliphatic rings. The number of carboxylic acid groups (broad SMARTS) is 1. The summed E-state index contributed by atoms with van der Waals surface area (Å²) in [5.41, 5.74) is 2.74. The van der Waals surface area contributed by atoms with Gasteiger partial charge in [-0.2, -0.15) is 0 Å². The van der Waals surface area contributed by atoms with Gasteiger partial charge < -0.3 is 14.7 Å². The van der Waals surface area contributed by atoms with Gasteiger partial charge in [0.2, 0.25) is 5.91 Å². The maximum absolute atomic E-state index is 12.0. The van der Waals surface area contributed by atoms with E-state index in [2.05, 4.69) is 9.97 Å². The second-order valence-corrected chi connectivity index (χ2v) is 6.37. The lowest BCUT2D eigenvalue weighted by Gasteiger charge is -2.16.